The number of carbonyl (C=O) groups excluding carboxylic acids is 1. The first-order chi connectivity index (χ1) is 12.2. The number of hydrogen-bond donors (Lipinski definition) is 1. The average molecular weight is 341 g/mol. The van der Waals surface area contributed by atoms with E-state index in [2.05, 4.69) is 20.6 Å². The predicted molar refractivity (Wildman–Crippen MR) is 91.6 cm³/mol. The van der Waals surface area contributed by atoms with Gasteiger partial charge in [-0.25, -0.2) is 0 Å². The molecule has 0 saturated carbocycles. The van der Waals surface area contributed by atoms with Crippen molar-refractivity contribution in [3.05, 3.63) is 36.4 Å². The number of amides is 1. The Morgan fingerprint density at radius 2 is 2.12 bits per heavy atom. The minimum Gasteiger partial charge on any atom is -0.497 e. The highest BCUT2D eigenvalue weighted by Crippen LogP contribution is 2.23. The van der Waals surface area contributed by atoms with Crippen molar-refractivity contribution in [3.8, 4) is 23.0 Å². The largest absolute Gasteiger partial charge is 0.497 e. The van der Waals surface area contributed by atoms with Gasteiger partial charge in [-0.3, -0.25) is 4.79 Å². The van der Waals surface area contributed by atoms with Crippen molar-refractivity contribution in [1.82, 2.24) is 25.1 Å². The number of nitrogens with zero attached hydrogens (tertiary/aromatic N) is 4. The number of benzene rings is 1. The Labute approximate surface area is 144 Å². The van der Waals surface area contributed by atoms with Crippen LogP contribution in [0.5, 0.6) is 11.6 Å². The van der Waals surface area contributed by atoms with Gasteiger partial charge in [0.2, 0.25) is 11.8 Å². The summed E-state index contributed by atoms with van der Waals surface area (Å²) in [5, 5.41) is 15.5. The van der Waals surface area contributed by atoms with Crippen LogP contribution in [0.15, 0.2) is 36.4 Å². The third kappa shape index (κ3) is 3.85. The van der Waals surface area contributed by atoms with Crippen molar-refractivity contribution in [2.45, 2.75) is 13.3 Å². The standard InChI is InChI=1S/C17H19N5O3/c1-3-15(23)18-9-10-25-16-8-7-14-19-20-17(22(14)21-16)12-5-4-6-13(11-12)24-2/h4-8,11H,3,9-10H2,1-2H3,(H,18,23). The zero-order valence-corrected chi connectivity index (χ0v) is 14.1. The number of ether oxygens (including phenoxy) is 2. The minimum atomic E-state index is -0.00821. The number of nitrogens with one attached hydrogen (secondary N) is 1. The maximum atomic E-state index is 11.2. The Bertz CT molecular complexity index is 878. The van der Waals surface area contributed by atoms with Crippen LogP contribution in [0, 0.1) is 0 Å². The van der Waals surface area contributed by atoms with Crippen molar-refractivity contribution < 1.29 is 14.3 Å². The number of fused-ring (bicyclic) bond motifs is 1. The van der Waals surface area contributed by atoms with E-state index in [1.807, 2.05) is 24.3 Å². The fourth-order valence-electron chi connectivity index (χ4n) is 2.26. The normalized spacial score (nSPS) is 10.6. The second kappa shape index (κ2) is 7.61. The molecular weight excluding hydrogens is 322 g/mol. The van der Waals surface area contributed by atoms with Gasteiger partial charge in [0.15, 0.2) is 11.5 Å². The van der Waals surface area contributed by atoms with Crippen molar-refractivity contribution in [3.63, 3.8) is 0 Å². The Morgan fingerprint density at radius 3 is 2.92 bits per heavy atom. The van der Waals surface area contributed by atoms with Gasteiger partial charge in [0, 0.05) is 18.1 Å². The van der Waals surface area contributed by atoms with E-state index in [1.54, 1.807) is 30.7 Å². The van der Waals surface area contributed by atoms with Crippen LogP contribution in [0.4, 0.5) is 0 Å². The van der Waals surface area contributed by atoms with Crippen LogP contribution >= 0.6 is 0 Å². The van der Waals surface area contributed by atoms with Gasteiger partial charge < -0.3 is 14.8 Å². The molecule has 0 aliphatic rings. The van der Waals surface area contributed by atoms with Gasteiger partial charge in [0.1, 0.15) is 12.4 Å². The molecule has 0 spiro atoms. The number of hydrogen-bond acceptors (Lipinski definition) is 6. The summed E-state index contributed by atoms with van der Waals surface area (Å²) in [6.45, 7) is 2.57. The van der Waals surface area contributed by atoms with Crippen LogP contribution in [0.2, 0.25) is 0 Å². The summed E-state index contributed by atoms with van der Waals surface area (Å²) in [7, 11) is 1.61. The minimum absolute atomic E-state index is 0.00821. The maximum Gasteiger partial charge on any atom is 0.231 e. The van der Waals surface area contributed by atoms with E-state index < -0.39 is 0 Å². The zero-order chi connectivity index (χ0) is 17.6. The molecule has 0 aliphatic carbocycles. The molecule has 130 valence electrons. The third-order valence-electron chi connectivity index (χ3n) is 3.56. The van der Waals surface area contributed by atoms with E-state index in [0.29, 0.717) is 36.9 Å². The third-order valence-corrected chi connectivity index (χ3v) is 3.56. The predicted octanol–water partition coefficient (Wildman–Crippen LogP) is 1.70. The molecule has 0 aliphatic heterocycles. The molecule has 0 atom stereocenters. The zero-order valence-electron chi connectivity index (χ0n) is 14.1. The van der Waals surface area contributed by atoms with Crippen LogP contribution in [-0.4, -0.2) is 46.0 Å². The van der Waals surface area contributed by atoms with Crippen LogP contribution in [0.3, 0.4) is 0 Å². The Morgan fingerprint density at radius 1 is 1.24 bits per heavy atom. The van der Waals surface area contributed by atoms with E-state index in [4.69, 9.17) is 9.47 Å². The van der Waals surface area contributed by atoms with Crippen molar-refractivity contribution in [2.75, 3.05) is 20.3 Å². The van der Waals surface area contributed by atoms with Gasteiger partial charge in [0.05, 0.1) is 13.7 Å². The van der Waals surface area contributed by atoms with Crippen LogP contribution < -0.4 is 14.8 Å². The molecule has 0 radical (unpaired) electrons. The van der Waals surface area contributed by atoms with E-state index in [0.717, 1.165) is 11.3 Å². The fraction of sp³-hybridized carbons (Fsp3) is 0.294. The first-order valence-corrected chi connectivity index (χ1v) is 7.97. The van der Waals surface area contributed by atoms with Crippen LogP contribution in [0.1, 0.15) is 13.3 Å². The lowest BCUT2D eigenvalue weighted by molar-refractivity contribution is -0.120. The highest BCUT2D eigenvalue weighted by atomic mass is 16.5. The van der Waals surface area contributed by atoms with Gasteiger partial charge in [0.25, 0.3) is 0 Å². The molecule has 2 aromatic heterocycles. The van der Waals surface area contributed by atoms with Gasteiger partial charge in [-0.1, -0.05) is 19.1 Å². The molecule has 1 N–H and O–H groups in total. The highest BCUT2D eigenvalue weighted by molar-refractivity contribution is 5.75. The number of carbonyl (C=O) groups is 1. The quantitative estimate of drug-likeness (QED) is 0.658. The average Bonchev–Trinajstić information content (AvgIpc) is 3.08. The molecule has 0 unspecified atom stereocenters. The van der Waals surface area contributed by atoms with Crippen LogP contribution in [-0.2, 0) is 4.79 Å². The van der Waals surface area contributed by atoms with Gasteiger partial charge in [-0.15, -0.1) is 15.3 Å². The van der Waals surface area contributed by atoms with Gasteiger partial charge >= 0.3 is 0 Å². The maximum absolute atomic E-state index is 11.2. The molecule has 8 heteroatoms. The van der Waals surface area contributed by atoms with E-state index in [1.165, 1.54) is 0 Å². The summed E-state index contributed by atoms with van der Waals surface area (Å²) in [6, 6.07) is 11.0. The molecule has 1 aromatic carbocycles. The second-order valence-corrected chi connectivity index (χ2v) is 5.25. The van der Waals surface area contributed by atoms with Gasteiger partial charge in [-0.05, 0) is 18.2 Å². The van der Waals surface area contributed by atoms with E-state index in [9.17, 15) is 4.79 Å². The lowest BCUT2D eigenvalue weighted by atomic mass is 10.2. The fourth-order valence-corrected chi connectivity index (χ4v) is 2.26. The van der Waals surface area contributed by atoms with Crippen molar-refractivity contribution in [1.29, 1.82) is 0 Å². The van der Waals surface area contributed by atoms with Gasteiger partial charge in [-0.2, -0.15) is 4.52 Å². The number of aromatic nitrogens is 4. The first kappa shape index (κ1) is 16.7. The molecule has 8 nitrogen and oxygen atoms in total. The van der Waals surface area contributed by atoms with Crippen molar-refractivity contribution in [2.24, 2.45) is 0 Å². The molecule has 1 amide bonds. The molecule has 0 saturated heterocycles. The monoisotopic (exact) mass is 341 g/mol. The lowest BCUT2D eigenvalue weighted by Crippen LogP contribution is -2.27. The summed E-state index contributed by atoms with van der Waals surface area (Å²) >= 11 is 0. The molecular formula is C17H19N5O3. The topological polar surface area (TPSA) is 90.6 Å². The molecule has 2 heterocycles. The Kier molecular flexibility index (Phi) is 5.08. The number of rotatable bonds is 7. The smallest absolute Gasteiger partial charge is 0.231 e. The molecule has 0 fully saturated rings. The molecule has 3 aromatic rings. The van der Waals surface area contributed by atoms with E-state index >= 15 is 0 Å². The Hall–Kier alpha value is -3.16. The summed E-state index contributed by atoms with van der Waals surface area (Å²) < 4.78 is 12.5. The summed E-state index contributed by atoms with van der Waals surface area (Å²) in [5.74, 6) is 1.75. The summed E-state index contributed by atoms with van der Waals surface area (Å²) in [4.78, 5) is 11.2. The lowest BCUT2D eigenvalue weighted by Gasteiger charge is -2.07. The SMILES string of the molecule is CCC(=O)NCCOc1ccc2nnc(-c3cccc(OC)c3)n2n1. The van der Waals surface area contributed by atoms with Crippen LogP contribution in [0.25, 0.3) is 17.0 Å². The van der Waals surface area contributed by atoms with E-state index in [-0.39, 0.29) is 5.91 Å². The highest BCUT2D eigenvalue weighted by Gasteiger charge is 2.11. The summed E-state index contributed by atoms with van der Waals surface area (Å²) in [5.41, 5.74) is 1.45. The second-order valence-electron chi connectivity index (χ2n) is 5.25. The summed E-state index contributed by atoms with van der Waals surface area (Å²) in [6.07, 6.45) is 0.453. The molecule has 3 rings (SSSR count). The first-order valence-electron chi connectivity index (χ1n) is 7.97. The Balaban J connectivity index is 1.78. The van der Waals surface area contributed by atoms with Crippen molar-refractivity contribution >= 4 is 11.6 Å². The number of methoxy groups -OCH3 is 1. The molecule has 0 bridgehead atoms. The molecule has 25 heavy (non-hydrogen) atoms.